The molecule has 0 atom stereocenters. The first-order valence-electron chi connectivity index (χ1n) is 6.29. The monoisotopic (exact) mass is 234 g/mol. The predicted molar refractivity (Wildman–Crippen MR) is 78.5 cm³/mol. The molecule has 1 aromatic carbocycles. The molecule has 0 saturated heterocycles. The van der Waals surface area contributed by atoms with Crippen molar-refractivity contribution in [2.24, 2.45) is 0 Å². The summed E-state index contributed by atoms with van der Waals surface area (Å²) >= 11 is 0. The molecule has 1 rings (SSSR count). The minimum atomic E-state index is 0.783. The van der Waals surface area contributed by atoms with Crippen LogP contribution in [-0.2, 0) is 0 Å². The van der Waals surface area contributed by atoms with Crippen molar-refractivity contribution >= 4 is 0 Å². The Morgan fingerprint density at radius 2 is 1.76 bits per heavy atom. The second-order valence-corrected chi connectivity index (χ2v) is 2.81. The van der Waals surface area contributed by atoms with Crippen molar-refractivity contribution in [2.45, 2.75) is 41.5 Å². The lowest BCUT2D eigenvalue weighted by Gasteiger charge is -2.05. The van der Waals surface area contributed by atoms with Gasteiger partial charge < -0.3 is 4.74 Å². The summed E-state index contributed by atoms with van der Waals surface area (Å²) in [6.07, 6.45) is 3.58. The molecule has 0 spiro atoms. The lowest BCUT2D eigenvalue weighted by molar-refractivity contribution is 0.443. The highest BCUT2D eigenvalue weighted by atomic mass is 16.5. The first-order chi connectivity index (χ1) is 8.26. The van der Waals surface area contributed by atoms with Crippen molar-refractivity contribution in [1.82, 2.24) is 0 Å². The maximum Gasteiger partial charge on any atom is 0.127 e. The first kappa shape index (κ1) is 17.9. The van der Waals surface area contributed by atoms with Crippen molar-refractivity contribution in [3.63, 3.8) is 0 Å². The molecule has 0 aliphatic heterocycles. The number of aryl methyl sites for hydroxylation is 1. The topological polar surface area (TPSA) is 9.23 Å². The zero-order chi connectivity index (χ0) is 13.7. The molecule has 0 N–H and O–H groups in total. The highest BCUT2D eigenvalue weighted by Gasteiger charge is 1.94. The maximum absolute atomic E-state index is 5.54. The van der Waals surface area contributed by atoms with E-state index >= 15 is 0 Å². The highest BCUT2D eigenvalue weighted by molar-refractivity contribution is 5.30. The van der Waals surface area contributed by atoms with E-state index in [9.17, 15) is 0 Å². The number of rotatable bonds is 3. The molecule has 1 heteroatoms. The fraction of sp³-hybridized carbons (Fsp3) is 0.375. The Morgan fingerprint density at radius 3 is 2.18 bits per heavy atom. The lowest BCUT2D eigenvalue weighted by atomic mass is 10.2. The molecule has 0 radical (unpaired) electrons. The van der Waals surface area contributed by atoms with E-state index in [0.29, 0.717) is 0 Å². The van der Waals surface area contributed by atoms with Crippen molar-refractivity contribution < 1.29 is 4.74 Å². The van der Waals surface area contributed by atoms with Gasteiger partial charge in [-0.05, 0) is 43.7 Å². The van der Waals surface area contributed by atoms with Crippen LogP contribution in [0.3, 0.4) is 0 Å². The largest absolute Gasteiger partial charge is 0.458 e. The molecule has 0 saturated carbocycles. The summed E-state index contributed by atoms with van der Waals surface area (Å²) in [5, 5.41) is 0. The Bertz CT molecular complexity index is 324. The van der Waals surface area contributed by atoms with Crippen molar-refractivity contribution in [3.8, 4) is 5.75 Å². The summed E-state index contributed by atoms with van der Waals surface area (Å²) in [6, 6.07) is 7.93. The third kappa shape index (κ3) is 8.32. The van der Waals surface area contributed by atoms with Crippen LogP contribution in [0.15, 0.2) is 48.8 Å². The Balaban J connectivity index is 0. The SMILES string of the molecule is C=C/C(=C\C)Oc1cccc(C)c1.CC.CC. The van der Waals surface area contributed by atoms with Crippen LogP contribution in [0.5, 0.6) is 5.75 Å². The van der Waals surface area contributed by atoms with Crippen LogP contribution >= 0.6 is 0 Å². The van der Waals surface area contributed by atoms with Crippen LogP contribution in [0, 0.1) is 6.92 Å². The molecule has 0 aromatic heterocycles. The minimum absolute atomic E-state index is 0.783. The third-order valence-electron chi connectivity index (χ3n) is 1.71. The Kier molecular flexibility index (Phi) is 13.2. The molecule has 0 aliphatic carbocycles. The van der Waals surface area contributed by atoms with E-state index < -0.39 is 0 Å². The summed E-state index contributed by atoms with van der Waals surface area (Å²) in [4.78, 5) is 0. The van der Waals surface area contributed by atoms with Gasteiger partial charge in [0.1, 0.15) is 11.5 Å². The maximum atomic E-state index is 5.54. The molecule has 0 unspecified atom stereocenters. The van der Waals surface area contributed by atoms with Crippen LogP contribution in [0.2, 0.25) is 0 Å². The van der Waals surface area contributed by atoms with Gasteiger partial charge in [0.25, 0.3) is 0 Å². The third-order valence-corrected chi connectivity index (χ3v) is 1.71. The average molecular weight is 234 g/mol. The number of ether oxygens (including phenoxy) is 1. The predicted octanol–water partition coefficient (Wildman–Crippen LogP) is 5.52. The standard InChI is InChI=1S/C12H14O.2C2H6/c1-4-11(5-2)13-12-8-6-7-10(3)9-12;2*1-2/h4-9H,1H2,2-3H3;2*1-2H3/b11-5+;;. The molecule has 0 aliphatic rings. The molecule has 1 aromatic rings. The average Bonchev–Trinajstić information content (AvgIpc) is 2.41. The van der Waals surface area contributed by atoms with Crippen LogP contribution in [0.1, 0.15) is 40.2 Å². The minimum Gasteiger partial charge on any atom is -0.458 e. The van der Waals surface area contributed by atoms with Crippen molar-refractivity contribution in [1.29, 1.82) is 0 Å². The van der Waals surface area contributed by atoms with E-state index in [0.717, 1.165) is 11.5 Å². The summed E-state index contributed by atoms with van der Waals surface area (Å²) in [6.45, 7) is 15.6. The second-order valence-electron chi connectivity index (χ2n) is 2.81. The first-order valence-corrected chi connectivity index (χ1v) is 6.29. The lowest BCUT2D eigenvalue weighted by Crippen LogP contribution is -1.91. The summed E-state index contributed by atoms with van der Waals surface area (Å²) < 4.78 is 5.54. The van der Waals surface area contributed by atoms with Crippen molar-refractivity contribution in [2.75, 3.05) is 0 Å². The van der Waals surface area contributed by atoms with Crippen LogP contribution in [0.4, 0.5) is 0 Å². The van der Waals surface area contributed by atoms with Crippen LogP contribution < -0.4 is 4.74 Å². The van der Waals surface area contributed by atoms with Gasteiger partial charge in [-0.3, -0.25) is 0 Å². The van der Waals surface area contributed by atoms with Crippen LogP contribution in [-0.4, -0.2) is 0 Å². The number of benzene rings is 1. The van der Waals surface area contributed by atoms with E-state index in [1.54, 1.807) is 6.08 Å². The zero-order valence-corrected chi connectivity index (χ0v) is 12.1. The van der Waals surface area contributed by atoms with E-state index in [1.165, 1.54) is 5.56 Å². The number of hydrogen-bond acceptors (Lipinski definition) is 1. The fourth-order valence-corrected chi connectivity index (χ4v) is 1.03. The Hall–Kier alpha value is -1.50. The Morgan fingerprint density at radius 1 is 1.18 bits per heavy atom. The summed E-state index contributed by atoms with van der Waals surface area (Å²) in [7, 11) is 0. The van der Waals surface area contributed by atoms with E-state index in [-0.39, 0.29) is 0 Å². The normalized spacial score (nSPS) is 9.18. The molecule has 0 heterocycles. The number of hydrogen-bond donors (Lipinski definition) is 0. The van der Waals surface area contributed by atoms with Crippen molar-refractivity contribution in [3.05, 3.63) is 54.3 Å². The molecule has 0 amide bonds. The van der Waals surface area contributed by atoms with E-state index in [4.69, 9.17) is 4.74 Å². The van der Waals surface area contributed by atoms with Crippen LogP contribution in [0.25, 0.3) is 0 Å². The summed E-state index contributed by atoms with van der Waals surface area (Å²) in [5.41, 5.74) is 1.19. The van der Waals surface area contributed by atoms with Gasteiger partial charge in [-0.15, -0.1) is 0 Å². The molecular formula is C16H26O. The second kappa shape index (κ2) is 12.6. The smallest absolute Gasteiger partial charge is 0.127 e. The molecule has 1 nitrogen and oxygen atoms in total. The fourth-order valence-electron chi connectivity index (χ4n) is 1.03. The molecule has 17 heavy (non-hydrogen) atoms. The number of allylic oxidation sites excluding steroid dienone is 2. The summed E-state index contributed by atoms with van der Waals surface area (Å²) in [5.74, 6) is 1.64. The molecule has 0 bridgehead atoms. The highest BCUT2D eigenvalue weighted by Crippen LogP contribution is 2.15. The van der Waals surface area contributed by atoms with Gasteiger partial charge in [-0.1, -0.05) is 46.4 Å². The molecular weight excluding hydrogens is 208 g/mol. The zero-order valence-electron chi connectivity index (χ0n) is 12.1. The van der Waals surface area contributed by atoms with Gasteiger partial charge in [0.2, 0.25) is 0 Å². The van der Waals surface area contributed by atoms with Gasteiger partial charge in [-0.2, -0.15) is 0 Å². The van der Waals surface area contributed by atoms with Gasteiger partial charge in [0.05, 0.1) is 0 Å². The Labute approximate surface area is 107 Å². The quantitative estimate of drug-likeness (QED) is 0.494. The van der Waals surface area contributed by atoms with E-state index in [2.05, 4.69) is 6.58 Å². The van der Waals surface area contributed by atoms with E-state index in [1.807, 2.05) is 71.9 Å². The van der Waals surface area contributed by atoms with Gasteiger partial charge in [-0.25, -0.2) is 0 Å². The van der Waals surface area contributed by atoms with Gasteiger partial charge in [0, 0.05) is 0 Å². The molecule has 0 fully saturated rings. The van der Waals surface area contributed by atoms with Gasteiger partial charge in [0.15, 0.2) is 0 Å². The molecule has 96 valence electrons. The van der Waals surface area contributed by atoms with Gasteiger partial charge >= 0.3 is 0 Å².